The van der Waals surface area contributed by atoms with Crippen LogP contribution in [0.2, 0.25) is 0 Å². The Hall–Kier alpha value is -3.36. The van der Waals surface area contributed by atoms with Gasteiger partial charge in [-0.25, -0.2) is 9.18 Å². The number of halogens is 4. The molecule has 0 saturated heterocycles. The molecule has 27 heavy (non-hydrogen) atoms. The summed E-state index contributed by atoms with van der Waals surface area (Å²) in [4.78, 5) is 23.2. The fourth-order valence-electron chi connectivity index (χ4n) is 1.88. The summed E-state index contributed by atoms with van der Waals surface area (Å²) >= 11 is 0. The zero-order valence-electron chi connectivity index (χ0n) is 13.6. The third kappa shape index (κ3) is 7.18. The molecule has 0 unspecified atom stereocenters. The summed E-state index contributed by atoms with van der Waals surface area (Å²) in [6.07, 6.45) is -2.51. The first-order valence-electron chi connectivity index (χ1n) is 7.48. The predicted molar refractivity (Wildman–Crippen MR) is 88.1 cm³/mol. The summed E-state index contributed by atoms with van der Waals surface area (Å²) in [7, 11) is 0. The van der Waals surface area contributed by atoms with Crippen LogP contribution in [0.5, 0.6) is 5.75 Å². The van der Waals surface area contributed by atoms with Gasteiger partial charge in [0.1, 0.15) is 11.6 Å². The van der Waals surface area contributed by atoms with E-state index in [9.17, 15) is 27.2 Å². The van der Waals surface area contributed by atoms with Gasteiger partial charge >= 0.3 is 12.3 Å². The Morgan fingerprint density at radius 2 is 1.70 bits per heavy atom. The summed E-state index contributed by atoms with van der Waals surface area (Å²) in [5.41, 5.74) is 0.368. The fourth-order valence-corrected chi connectivity index (χ4v) is 1.88. The van der Waals surface area contributed by atoms with Gasteiger partial charge in [-0.1, -0.05) is 24.3 Å². The monoisotopic (exact) mass is 383 g/mol. The van der Waals surface area contributed by atoms with Crippen molar-refractivity contribution in [2.45, 2.75) is 6.36 Å². The molecule has 0 fully saturated rings. The van der Waals surface area contributed by atoms with E-state index in [-0.39, 0.29) is 5.69 Å². The SMILES string of the molecule is O=C(COC(=O)/C=C/c1ccc(OC(F)(F)F)cc1)Nc1ccccc1F. The number of hydrogen-bond donors (Lipinski definition) is 1. The number of carbonyl (C=O) groups excluding carboxylic acids is 2. The quantitative estimate of drug-likeness (QED) is 0.467. The molecule has 2 aromatic rings. The number of hydrogen-bond acceptors (Lipinski definition) is 4. The summed E-state index contributed by atoms with van der Waals surface area (Å²) in [5, 5.41) is 2.24. The van der Waals surface area contributed by atoms with Crippen LogP contribution in [0, 0.1) is 5.82 Å². The second-order valence-corrected chi connectivity index (χ2v) is 5.09. The number of benzene rings is 2. The number of amides is 1. The summed E-state index contributed by atoms with van der Waals surface area (Å²) in [5.74, 6) is -2.60. The van der Waals surface area contributed by atoms with Crippen molar-refractivity contribution in [1.29, 1.82) is 0 Å². The van der Waals surface area contributed by atoms with Gasteiger partial charge in [-0.15, -0.1) is 13.2 Å². The second kappa shape index (κ2) is 8.84. The average molecular weight is 383 g/mol. The first-order valence-corrected chi connectivity index (χ1v) is 7.48. The molecule has 5 nitrogen and oxygen atoms in total. The van der Waals surface area contributed by atoms with Crippen LogP contribution < -0.4 is 10.1 Å². The minimum Gasteiger partial charge on any atom is -0.452 e. The maximum atomic E-state index is 13.4. The van der Waals surface area contributed by atoms with Gasteiger partial charge in [0.25, 0.3) is 5.91 Å². The van der Waals surface area contributed by atoms with Crippen molar-refractivity contribution in [2.24, 2.45) is 0 Å². The molecule has 0 saturated carbocycles. The molecule has 0 atom stereocenters. The van der Waals surface area contributed by atoms with E-state index in [4.69, 9.17) is 4.74 Å². The van der Waals surface area contributed by atoms with E-state index in [1.165, 1.54) is 36.4 Å². The lowest BCUT2D eigenvalue weighted by Gasteiger charge is -2.08. The molecule has 142 valence electrons. The van der Waals surface area contributed by atoms with Crippen molar-refractivity contribution >= 4 is 23.6 Å². The van der Waals surface area contributed by atoms with Crippen LogP contribution in [0.15, 0.2) is 54.6 Å². The number of rotatable bonds is 6. The number of ether oxygens (including phenoxy) is 2. The lowest BCUT2D eigenvalue weighted by atomic mass is 10.2. The van der Waals surface area contributed by atoms with Crippen LogP contribution in [0.4, 0.5) is 23.2 Å². The Balaban J connectivity index is 1.81. The third-order valence-corrected chi connectivity index (χ3v) is 3.02. The molecular formula is C18H13F4NO4. The van der Waals surface area contributed by atoms with E-state index in [1.54, 1.807) is 0 Å². The van der Waals surface area contributed by atoms with Crippen LogP contribution in [0.25, 0.3) is 6.08 Å². The maximum Gasteiger partial charge on any atom is 0.573 e. The smallest absolute Gasteiger partial charge is 0.452 e. The zero-order chi connectivity index (χ0) is 19.9. The number of para-hydroxylation sites is 1. The third-order valence-electron chi connectivity index (χ3n) is 3.02. The Labute approximate surface area is 151 Å². The highest BCUT2D eigenvalue weighted by atomic mass is 19.4. The van der Waals surface area contributed by atoms with Gasteiger partial charge in [-0.2, -0.15) is 0 Å². The maximum absolute atomic E-state index is 13.4. The van der Waals surface area contributed by atoms with Gasteiger partial charge in [0.2, 0.25) is 0 Å². The van der Waals surface area contributed by atoms with E-state index < -0.39 is 36.4 Å². The molecule has 2 aromatic carbocycles. The molecule has 0 aliphatic heterocycles. The summed E-state index contributed by atoms with van der Waals surface area (Å²) < 4.78 is 57.9. The molecule has 9 heteroatoms. The van der Waals surface area contributed by atoms with Crippen molar-refractivity contribution in [3.63, 3.8) is 0 Å². The molecule has 2 rings (SSSR count). The molecule has 0 aliphatic rings. The Morgan fingerprint density at radius 1 is 1.04 bits per heavy atom. The first kappa shape index (κ1) is 20.0. The van der Waals surface area contributed by atoms with E-state index in [2.05, 4.69) is 10.1 Å². The van der Waals surface area contributed by atoms with Gasteiger partial charge in [-0.05, 0) is 35.9 Å². The minimum atomic E-state index is -4.79. The van der Waals surface area contributed by atoms with Crippen LogP contribution in [-0.2, 0) is 14.3 Å². The summed E-state index contributed by atoms with van der Waals surface area (Å²) in [6.45, 7) is -0.629. The first-order chi connectivity index (χ1) is 12.7. The average Bonchev–Trinajstić information content (AvgIpc) is 2.60. The predicted octanol–water partition coefficient (Wildman–Crippen LogP) is 3.92. The van der Waals surface area contributed by atoms with Gasteiger partial charge in [-0.3, -0.25) is 4.79 Å². The standard InChI is InChI=1S/C18H13F4NO4/c19-14-3-1-2-4-15(14)23-16(24)11-26-17(25)10-7-12-5-8-13(9-6-12)27-18(20,21)22/h1-10H,11H2,(H,23,24)/b10-7+. The molecule has 0 aliphatic carbocycles. The van der Waals surface area contributed by atoms with Gasteiger partial charge in [0.15, 0.2) is 6.61 Å². The number of carbonyl (C=O) groups is 2. The lowest BCUT2D eigenvalue weighted by Crippen LogP contribution is -2.20. The van der Waals surface area contributed by atoms with E-state index in [0.29, 0.717) is 5.56 Å². The van der Waals surface area contributed by atoms with Gasteiger partial charge in [0, 0.05) is 6.08 Å². The topological polar surface area (TPSA) is 64.6 Å². The number of anilines is 1. The molecule has 0 radical (unpaired) electrons. The molecule has 0 bridgehead atoms. The van der Waals surface area contributed by atoms with Crippen molar-refractivity contribution in [3.05, 3.63) is 66.0 Å². The molecule has 0 spiro atoms. The van der Waals surface area contributed by atoms with Gasteiger partial charge < -0.3 is 14.8 Å². The fraction of sp³-hybridized carbons (Fsp3) is 0.111. The van der Waals surface area contributed by atoms with Crippen molar-refractivity contribution in [3.8, 4) is 5.75 Å². The minimum absolute atomic E-state index is 0.0461. The molecular weight excluding hydrogens is 370 g/mol. The highest BCUT2D eigenvalue weighted by Gasteiger charge is 2.30. The number of nitrogens with one attached hydrogen (secondary N) is 1. The Kier molecular flexibility index (Phi) is 6.53. The number of esters is 1. The zero-order valence-corrected chi connectivity index (χ0v) is 13.6. The van der Waals surface area contributed by atoms with Crippen LogP contribution in [-0.4, -0.2) is 24.8 Å². The normalized spacial score (nSPS) is 11.3. The Morgan fingerprint density at radius 3 is 2.33 bits per heavy atom. The van der Waals surface area contributed by atoms with Crippen LogP contribution in [0.1, 0.15) is 5.56 Å². The summed E-state index contributed by atoms with van der Waals surface area (Å²) in [6, 6.07) is 10.3. The van der Waals surface area contributed by atoms with E-state index >= 15 is 0 Å². The Bertz CT molecular complexity index is 832. The molecule has 0 aromatic heterocycles. The van der Waals surface area contributed by atoms with Crippen molar-refractivity contribution in [2.75, 3.05) is 11.9 Å². The van der Waals surface area contributed by atoms with Crippen LogP contribution in [0.3, 0.4) is 0 Å². The van der Waals surface area contributed by atoms with Crippen molar-refractivity contribution < 1.29 is 36.6 Å². The number of alkyl halides is 3. The second-order valence-electron chi connectivity index (χ2n) is 5.09. The van der Waals surface area contributed by atoms with E-state index in [0.717, 1.165) is 24.3 Å². The van der Waals surface area contributed by atoms with Crippen LogP contribution >= 0.6 is 0 Å². The van der Waals surface area contributed by atoms with E-state index in [1.807, 2.05) is 0 Å². The largest absolute Gasteiger partial charge is 0.573 e. The highest BCUT2D eigenvalue weighted by Crippen LogP contribution is 2.23. The van der Waals surface area contributed by atoms with Gasteiger partial charge in [0.05, 0.1) is 5.69 Å². The highest BCUT2D eigenvalue weighted by molar-refractivity contribution is 5.94. The lowest BCUT2D eigenvalue weighted by molar-refractivity contribution is -0.274. The molecule has 1 N–H and O–H groups in total. The molecule has 1 amide bonds. The van der Waals surface area contributed by atoms with Crippen molar-refractivity contribution in [1.82, 2.24) is 0 Å². The molecule has 0 heterocycles.